The summed E-state index contributed by atoms with van der Waals surface area (Å²) in [7, 11) is 1.59. The van der Waals surface area contributed by atoms with E-state index in [2.05, 4.69) is 10.3 Å². The zero-order valence-corrected chi connectivity index (χ0v) is 13.6. The number of aliphatic hydroxyl groups excluding tert-OH is 3. The summed E-state index contributed by atoms with van der Waals surface area (Å²) < 4.78 is 18.0. The van der Waals surface area contributed by atoms with Crippen molar-refractivity contribution >= 4 is 0 Å². The van der Waals surface area contributed by atoms with Gasteiger partial charge in [0.25, 0.3) is 0 Å². The first-order chi connectivity index (χ1) is 12.1. The summed E-state index contributed by atoms with van der Waals surface area (Å²) in [5.41, 5.74) is 0.633. The van der Waals surface area contributed by atoms with Gasteiger partial charge in [0.05, 0.1) is 32.6 Å². The molecule has 1 aromatic heterocycles. The molecule has 0 radical (unpaired) electrons. The molecular formula is C16H19N3O6. The van der Waals surface area contributed by atoms with Gasteiger partial charge in [0, 0.05) is 5.56 Å². The molecule has 134 valence electrons. The first-order valence-corrected chi connectivity index (χ1v) is 7.93. The van der Waals surface area contributed by atoms with Crippen LogP contribution in [0.15, 0.2) is 24.3 Å². The average molecular weight is 349 g/mol. The second-order valence-corrected chi connectivity index (χ2v) is 6.14. The molecule has 25 heavy (non-hydrogen) atoms. The predicted octanol–water partition coefficient (Wildman–Crippen LogP) is -0.750. The molecule has 2 aromatic rings. The lowest BCUT2D eigenvalue weighted by molar-refractivity contribution is -0.208. The van der Waals surface area contributed by atoms with E-state index in [1.807, 2.05) is 24.3 Å². The lowest BCUT2D eigenvalue weighted by Crippen LogP contribution is -2.52. The van der Waals surface area contributed by atoms with E-state index >= 15 is 0 Å². The van der Waals surface area contributed by atoms with Gasteiger partial charge >= 0.3 is 0 Å². The smallest absolute Gasteiger partial charge is 0.215 e. The van der Waals surface area contributed by atoms with Crippen LogP contribution in [0.5, 0.6) is 5.75 Å². The van der Waals surface area contributed by atoms with E-state index in [-0.39, 0.29) is 13.2 Å². The van der Waals surface area contributed by atoms with Crippen molar-refractivity contribution in [3.63, 3.8) is 0 Å². The van der Waals surface area contributed by atoms with E-state index < -0.39 is 30.6 Å². The Hall–Kier alpha value is -2.04. The van der Waals surface area contributed by atoms with E-state index in [1.54, 1.807) is 7.11 Å². The summed E-state index contributed by atoms with van der Waals surface area (Å²) >= 11 is 0. The Morgan fingerprint density at radius 3 is 2.72 bits per heavy atom. The Kier molecular flexibility index (Phi) is 3.97. The highest BCUT2D eigenvalue weighted by Gasteiger charge is 2.58. The number of ether oxygens (including phenoxy) is 3. The van der Waals surface area contributed by atoms with Crippen molar-refractivity contribution in [2.45, 2.75) is 30.6 Å². The molecule has 3 N–H and O–H groups in total. The zero-order valence-electron chi connectivity index (χ0n) is 13.6. The maximum absolute atomic E-state index is 10.5. The highest BCUT2D eigenvalue weighted by atomic mass is 16.6. The molecule has 2 aliphatic heterocycles. The van der Waals surface area contributed by atoms with Gasteiger partial charge in [-0.15, -0.1) is 5.10 Å². The molecule has 1 saturated heterocycles. The van der Waals surface area contributed by atoms with Crippen LogP contribution in [0.1, 0.15) is 5.69 Å². The summed E-state index contributed by atoms with van der Waals surface area (Å²) in [6.45, 7) is -0.179. The largest absolute Gasteiger partial charge is 0.497 e. The lowest BCUT2D eigenvalue weighted by atomic mass is 10.0. The average Bonchev–Trinajstić information content (AvgIpc) is 3.19. The first kappa shape index (κ1) is 16.4. The number of hydrogen-bond donors (Lipinski definition) is 3. The van der Waals surface area contributed by atoms with E-state index in [0.29, 0.717) is 11.4 Å². The molecule has 1 spiro atoms. The van der Waals surface area contributed by atoms with Crippen LogP contribution in [-0.4, -0.2) is 68.9 Å². The molecule has 9 nitrogen and oxygen atoms in total. The maximum Gasteiger partial charge on any atom is 0.215 e. The van der Waals surface area contributed by atoms with Crippen LogP contribution >= 0.6 is 0 Å². The van der Waals surface area contributed by atoms with Gasteiger partial charge in [-0.05, 0) is 24.3 Å². The third-order valence-electron chi connectivity index (χ3n) is 4.73. The van der Waals surface area contributed by atoms with Crippen LogP contribution < -0.4 is 4.74 Å². The zero-order chi connectivity index (χ0) is 17.6. The van der Waals surface area contributed by atoms with Crippen LogP contribution in [0.25, 0.3) is 11.3 Å². The summed E-state index contributed by atoms with van der Waals surface area (Å²) in [6, 6.07) is 7.32. The molecule has 2 aliphatic rings. The molecular weight excluding hydrogens is 330 g/mol. The molecule has 0 aliphatic carbocycles. The van der Waals surface area contributed by atoms with Crippen molar-refractivity contribution in [3.8, 4) is 17.0 Å². The van der Waals surface area contributed by atoms with Gasteiger partial charge in [-0.2, -0.15) is 0 Å². The molecule has 1 fully saturated rings. The quantitative estimate of drug-likeness (QED) is 0.662. The van der Waals surface area contributed by atoms with Crippen molar-refractivity contribution in [2.75, 3.05) is 20.3 Å². The molecule has 9 heteroatoms. The van der Waals surface area contributed by atoms with Gasteiger partial charge < -0.3 is 29.5 Å². The molecule has 4 atom stereocenters. The minimum atomic E-state index is -1.40. The number of methoxy groups -OCH3 is 1. The summed E-state index contributed by atoms with van der Waals surface area (Å²) in [4.78, 5) is 0. The van der Waals surface area contributed by atoms with Gasteiger partial charge in [0.2, 0.25) is 5.72 Å². The Labute approximate surface area is 143 Å². The summed E-state index contributed by atoms with van der Waals surface area (Å²) in [6.07, 6.45) is -3.46. The Balaban J connectivity index is 1.76. The number of nitrogens with zero attached hydrogens (tertiary/aromatic N) is 3. The van der Waals surface area contributed by atoms with Gasteiger partial charge in [0.1, 0.15) is 29.8 Å². The SMILES string of the molecule is COc1ccc(-c2nnn3c2COC[C@]32O[C@H](CO)[C@@H](O)[C@H]2O)cc1. The van der Waals surface area contributed by atoms with Crippen LogP contribution in [0.4, 0.5) is 0 Å². The van der Waals surface area contributed by atoms with Crippen molar-refractivity contribution in [3.05, 3.63) is 30.0 Å². The molecule has 0 unspecified atom stereocenters. The van der Waals surface area contributed by atoms with Crippen molar-refractivity contribution in [1.29, 1.82) is 0 Å². The Bertz CT molecular complexity index is 764. The first-order valence-electron chi connectivity index (χ1n) is 7.93. The third-order valence-corrected chi connectivity index (χ3v) is 4.73. The number of aromatic nitrogens is 3. The summed E-state index contributed by atoms with van der Waals surface area (Å²) in [5, 5.41) is 38.3. The van der Waals surface area contributed by atoms with Crippen LogP contribution in [0.2, 0.25) is 0 Å². The molecule has 3 heterocycles. The Morgan fingerprint density at radius 1 is 1.32 bits per heavy atom. The number of hydrogen-bond acceptors (Lipinski definition) is 8. The van der Waals surface area contributed by atoms with Crippen molar-refractivity contribution in [2.24, 2.45) is 0 Å². The van der Waals surface area contributed by atoms with Gasteiger partial charge in [0.15, 0.2) is 0 Å². The molecule has 1 aromatic carbocycles. The second kappa shape index (κ2) is 6.04. The summed E-state index contributed by atoms with van der Waals surface area (Å²) in [5.74, 6) is 0.723. The highest BCUT2D eigenvalue weighted by Crippen LogP contribution is 2.40. The van der Waals surface area contributed by atoms with E-state index in [9.17, 15) is 15.3 Å². The van der Waals surface area contributed by atoms with Crippen LogP contribution in [0.3, 0.4) is 0 Å². The fourth-order valence-electron chi connectivity index (χ4n) is 3.37. The molecule has 0 amide bonds. The monoisotopic (exact) mass is 349 g/mol. The number of fused-ring (bicyclic) bond motifs is 2. The number of aliphatic hydroxyl groups is 3. The normalized spacial score (nSPS) is 31.3. The minimum Gasteiger partial charge on any atom is -0.497 e. The predicted molar refractivity (Wildman–Crippen MR) is 83.6 cm³/mol. The van der Waals surface area contributed by atoms with Gasteiger partial charge in [-0.25, -0.2) is 4.68 Å². The minimum absolute atomic E-state index is 0.000138. The van der Waals surface area contributed by atoms with E-state index in [1.165, 1.54) is 4.68 Å². The van der Waals surface area contributed by atoms with Gasteiger partial charge in [-0.3, -0.25) is 0 Å². The van der Waals surface area contributed by atoms with Crippen LogP contribution in [-0.2, 0) is 21.8 Å². The van der Waals surface area contributed by atoms with Crippen molar-refractivity contribution < 1.29 is 29.5 Å². The number of rotatable bonds is 3. The fourth-order valence-corrected chi connectivity index (χ4v) is 3.37. The standard InChI is InChI=1S/C16H19N3O6/c1-23-10-4-2-9(3-5-10)13-11-7-24-8-16(19(11)18-17-13)15(22)14(21)12(6-20)25-16/h2-5,12,14-15,20-22H,6-8H2,1H3/t12-,14-,15-,16-/m1/s1. The van der Waals surface area contributed by atoms with Crippen molar-refractivity contribution in [1.82, 2.24) is 15.0 Å². The van der Waals surface area contributed by atoms with Gasteiger partial charge in [-0.1, -0.05) is 5.21 Å². The highest BCUT2D eigenvalue weighted by molar-refractivity contribution is 5.62. The van der Waals surface area contributed by atoms with Crippen LogP contribution in [0, 0.1) is 0 Å². The second-order valence-electron chi connectivity index (χ2n) is 6.14. The fraction of sp³-hybridized carbons (Fsp3) is 0.500. The molecule has 0 bridgehead atoms. The third kappa shape index (κ3) is 2.35. The lowest BCUT2D eigenvalue weighted by Gasteiger charge is -2.36. The molecule has 4 rings (SSSR count). The number of benzene rings is 1. The topological polar surface area (TPSA) is 119 Å². The van der Waals surface area contributed by atoms with E-state index in [4.69, 9.17) is 14.2 Å². The maximum atomic E-state index is 10.5. The Morgan fingerprint density at radius 2 is 2.08 bits per heavy atom. The molecule has 0 saturated carbocycles. The van der Waals surface area contributed by atoms with E-state index in [0.717, 1.165) is 11.3 Å².